The average Bonchev–Trinajstić information content (AvgIpc) is 2.87. The average molecular weight is 209 g/mol. The number of nitrogens with zero attached hydrogens (tertiary/aromatic N) is 2. The first-order valence-electron chi connectivity index (χ1n) is 5.03. The van der Waals surface area contributed by atoms with Crippen LogP contribution in [-0.2, 0) is 6.54 Å². The minimum Gasteiger partial charge on any atom is -0.387 e. The van der Waals surface area contributed by atoms with Crippen molar-refractivity contribution in [3.63, 3.8) is 0 Å². The zero-order valence-corrected chi connectivity index (χ0v) is 8.96. The third-order valence-corrected chi connectivity index (χ3v) is 3.44. The van der Waals surface area contributed by atoms with Crippen LogP contribution in [0.15, 0.2) is 16.7 Å². The molecule has 1 fully saturated rings. The fourth-order valence-electron chi connectivity index (χ4n) is 1.84. The Hall–Kier alpha value is -0.900. The van der Waals surface area contributed by atoms with Gasteiger partial charge in [0.15, 0.2) is 0 Å². The standard InChI is InChI=1S/C10H15N3S/c11-10(8-3-1-2-4-8)13-6-9-5-12-7-14-9/h5,7-8H,1-4,6H2,(H2,11,13). The maximum absolute atomic E-state index is 5.93. The molecule has 1 heterocycles. The van der Waals surface area contributed by atoms with Gasteiger partial charge in [0, 0.05) is 17.0 Å². The monoisotopic (exact) mass is 209 g/mol. The van der Waals surface area contributed by atoms with Crippen molar-refractivity contribution in [2.24, 2.45) is 16.6 Å². The van der Waals surface area contributed by atoms with Crippen LogP contribution in [0.5, 0.6) is 0 Å². The number of amidine groups is 1. The molecule has 76 valence electrons. The lowest BCUT2D eigenvalue weighted by atomic mass is 10.1. The number of thiazole rings is 1. The first kappa shape index (κ1) is 9.65. The van der Waals surface area contributed by atoms with E-state index in [-0.39, 0.29) is 0 Å². The van der Waals surface area contributed by atoms with E-state index in [4.69, 9.17) is 5.73 Å². The van der Waals surface area contributed by atoms with Crippen LogP contribution in [0.25, 0.3) is 0 Å². The lowest BCUT2D eigenvalue weighted by molar-refractivity contribution is 0.716. The lowest BCUT2D eigenvalue weighted by Crippen LogP contribution is -2.21. The second kappa shape index (κ2) is 4.55. The van der Waals surface area contributed by atoms with Crippen LogP contribution in [-0.4, -0.2) is 10.8 Å². The first-order chi connectivity index (χ1) is 6.86. The highest BCUT2D eigenvalue weighted by atomic mass is 32.1. The highest BCUT2D eigenvalue weighted by Gasteiger charge is 2.18. The summed E-state index contributed by atoms with van der Waals surface area (Å²) in [7, 11) is 0. The number of aliphatic imine (C=N–C) groups is 1. The summed E-state index contributed by atoms with van der Waals surface area (Å²) in [5, 5.41) is 0. The number of aromatic nitrogens is 1. The molecule has 0 amide bonds. The lowest BCUT2D eigenvalue weighted by Gasteiger charge is -2.07. The van der Waals surface area contributed by atoms with Crippen molar-refractivity contribution in [2.75, 3.05) is 0 Å². The molecule has 1 aromatic rings. The molecule has 0 atom stereocenters. The zero-order valence-electron chi connectivity index (χ0n) is 8.15. The number of rotatable bonds is 3. The maximum atomic E-state index is 5.93. The molecular weight excluding hydrogens is 194 g/mol. The molecule has 0 spiro atoms. The van der Waals surface area contributed by atoms with E-state index in [9.17, 15) is 0 Å². The molecule has 0 radical (unpaired) electrons. The van der Waals surface area contributed by atoms with Gasteiger partial charge < -0.3 is 5.73 Å². The van der Waals surface area contributed by atoms with Crippen LogP contribution in [0.2, 0.25) is 0 Å². The third kappa shape index (κ3) is 2.32. The largest absolute Gasteiger partial charge is 0.387 e. The summed E-state index contributed by atoms with van der Waals surface area (Å²) >= 11 is 1.63. The Kier molecular flexibility index (Phi) is 3.14. The van der Waals surface area contributed by atoms with Gasteiger partial charge in [0.2, 0.25) is 0 Å². The van der Waals surface area contributed by atoms with Gasteiger partial charge in [-0.05, 0) is 12.8 Å². The maximum Gasteiger partial charge on any atom is 0.0972 e. The molecule has 1 saturated carbocycles. The van der Waals surface area contributed by atoms with Gasteiger partial charge >= 0.3 is 0 Å². The molecule has 14 heavy (non-hydrogen) atoms. The fourth-order valence-corrected chi connectivity index (χ4v) is 2.36. The predicted molar refractivity (Wildman–Crippen MR) is 59.4 cm³/mol. The smallest absolute Gasteiger partial charge is 0.0972 e. The van der Waals surface area contributed by atoms with Gasteiger partial charge in [-0.2, -0.15) is 0 Å². The quantitative estimate of drug-likeness (QED) is 0.613. The molecule has 1 aromatic heterocycles. The predicted octanol–water partition coefficient (Wildman–Crippen LogP) is 2.19. The van der Waals surface area contributed by atoms with E-state index < -0.39 is 0 Å². The molecule has 1 aliphatic carbocycles. The Morgan fingerprint density at radius 2 is 2.36 bits per heavy atom. The summed E-state index contributed by atoms with van der Waals surface area (Å²) in [5.41, 5.74) is 7.76. The van der Waals surface area contributed by atoms with E-state index >= 15 is 0 Å². The van der Waals surface area contributed by atoms with E-state index in [1.807, 2.05) is 11.7 Å². The molecule has 3 nitrogen and oxygen atoms in total. The Labute approximate surface area is 88.1 Å². The van der Waals surface area contributed by atoms with Crippen LogP contribution in [0.4, 0.5) is 0 Å². The minimum absolute atomic E-state index is 0.544. The topological polar surface area (TPSA) is 51.3 Å². The molecule has 4 heteroatoms. The van der Waals surface area contributed by atoms with Crippen molar-refractivity contribution in [3.8, 4) is 0 Å². The Morgan fingerprint density at radius 1 is 1.57 bits per heavy atom. The molecule has 0 aliphatic heterocycles. The highest BCUT2D eigenvalue weighted by molar-refractivity contribution is 7.09. The Bertz CT molecular complexity index is 299. The normalized spacial score (nSPS) is 19.0. The van der Waals surface area contributed by atoms with E-state index in [2.05, 4.69) is 9.98 Å². The van der Waals surface area contributed by atoms with Gasteiger partial charge in [-0.25, -0.2) is 0 Å². The van der Waals surface area contributed by atoms with Crippen molar-refractivity contribution >= 4 is 17.2 Å². The van der Waals surface area contributed by atoms with Crippen molar-refractivity contribution < 1.29 is 0 Å². The molecule has 0 unspecified atom stereocenters. The van der Waals surface area contributed by atoms with Crippen LogP contribution >= 0.6 is 11.3 Å². The molecular formula is C10H15N3S. The minimum atomic E-state index is 0.544. The summed E-state index contributed by atoms with van der Waals surface area (Å²) < 4.78 is 0. The molecule has 1 aliphatic rings. The van der Waals surface area contributed by atoms with E-state index in [1.165, 1.54) is 30.6 Å². The number of nitrogens with two attached hydrogens (primary N) is 1. The van der Waals surface area contributed by atoms with Crippen LogP contribution < -0.4 is 5.73 Å². The summed E-state index contributed by atoms with van der Waals surface area (Å²) in [6.07, 6.45) is 6.91. The van der Waals surface area contributed by atoms with E-state index in [0.717, 1.165) is 5.84 Å². The summed E-state index contributed by atoms with van der Waals surface area (Å²) in [6, 6.07) is 0. The van der Waals surface area contributed by atoms with Crippen LogP contribution in [0.3, 0.4) is 0 Å². The van der Waals surface area contributed by atoms with Gasteiger partial charge in [0.25, 0.3) is 0 Å². The fraction of sp³-hybridized carbons (Fsp3) is 0.600. The Balaban J connectivity index is 1.90. The van der Waals surface area contributed by atoms with Crippen LogP contribution in [0.1, 0.15) is 30.6 Å². The summed E-state index contributed by atoms with van der Waals surface area (Å²) in [6.45, 7) is 0.701. The molecule has 2 N–H and O–H groups in total. The number of hydrogen-bond acceptors (Lipinski definition) is 3. The van der Waals surface area contributed by atoms with E-state index in [1.54, 1.807) is 11.3 Å². The summed E-state index contributed by atoms with van der Waals surface area (Å²) in [5.74, 6) is 1.39. The molecule has 0 saturated heterocycles. The SMILES string of the molecule is NC(=NCc1cncs1)C1CCCC1. The summed E-state index contributed by atoms with van der Waals surface area (Å²) in [4.78, 5) is 9.61. The van der Waals surface area contributed by atoms with Crippen molar-refractivity contribution in [1.29, 1.82) is 0 Å². The number of hydrogen-bond donors (Lipinski definition) is 1. The van der Waals surface area contributed by atoms with Crippen molar-refractivity contribution in [1.82, 2.24) is 4.98 Å². The van der Waals surface area contributed by atoms with Gasteiger partial charge in [0.05, 0.1) is 17.9 Å². The van der Waals surface area contributed by atoms with Gasteiger partial charge in [-0.15, -0.1) is 11.3 Å². The van der Waals surface area contributed by atoms with Crippen LogP contribution in [0, 0.1) is 5.92 Å². The first-order valence-corrected chi connectivity index (χ1v) is 5.91. The molecule has 0 bridgehead atoms. The molecule has 0 aromatic carbocycles. The van der Waals surface area contributed by atoms with Crippen molar-refractivity contribution in [3.05, 3.63) is 16.6 Å². The van der Waals surface area contributed by atoms with Crippen molar-refractivity contribution in [2.45, 2.75) is 32.2 Å². The molecule has 2 rings (SSSR count). The van der Waals surface area contributed by atoms with Gasteiger partial charge in [-0.3, -0.25) is 9.98 Å². The highest BCUT2D eigenvalue weighted by Crippen LogP contribution is 2.24. The zero-order chi connectivity index (χ0) is 9.80. The second-order valence-corrected chi connectivity index (χ2v) is 4.66. The third-order valence-electron chi connectivity index (χ3n) is 2.67. The van der Waals surface area contributed by atoms with Gasteiger partial charge in [0.1, 0.15) is 0 Å². The van der Waals surface area contributed by atoms with E-state index in [0.29, 0.717) is 12.5 Å². The van der Waals surface area contributed by atoms with Gasteiger partial charge in [-0.1, -0.05) is 12.8 Å². The Morgan fingerprint density at radius 3 is 3.00 bits per heavy atom. The second-order valence-electron chi connectivity index (χ2n) is 3.69.